The van der Waals surface area contributed by atoms with Gasteiger partial charge >= 0.3 is 0 Å². The molecule has 25 heavy (non-hydrogen) atoms. The Morgan fingerprint density at radius 3 is 2.60 bits per heavy atom. The molecule has 2 aromatic heterocycles. The first kappa shape index (κ1) is 22.3. The molecule has 0 radical (unpaired) electrons. The Morgan fingerprint density at radius 1 is 1.32 bits per heavy atom. The van der Waals surface area contributed by atoms with Gasteiger partial charge in [0.15, 0.2) is 5.96 Å². The zero-order valence-electron chi connectivity index (χ0n) is 15.5. The minimum absolute atomic E-state index is 0. The van der Waals surface area contributed by atoms with Crippen molar-refractivity contribution in [2.75, 3.05) is 27.2 Å². The Bertz CT molecular complexity index is 633. The van der Waals surface area contributed by atoms with E-state index in [0.717, 1.165) is 29.8 Å². The Balaban J connectivity index is 0.00000312. The van der Waals surface area contributed by atoms with Gasteiger partial charge in [-0.3, -0.25) is 0 Å². The van der Waals surface area contributed by atoms with E-state index in [9.17, 15) is 0 Å². The zero-order chi connectivity index (χ0) is 17.5. The van der Waals surface area contributed by atoms with Crippen molar-refractivity contribution < 1.29 is 0 Å². The normalized spacial score (nSPS) is 12.8. The van der Waals surface area contributed by atoms with Crippen molar-refractivity contribution in [1.82, 2.24) is 20.5 Å². The van der Waals surface area contributed by atoms with Gasteiger partial charge in [-0.25, -0.2) is 9.98 Å². The summed E-state index contributed by atoms with van der Waals surface area (Å²) < 4.78 is 0. The lowest BCUT2D eigenvalue weighted by molar-refractivity contribution is 0.302. The quantitative estimate of drug-likeness (QED) is 0.350. The molecule has 0 aromatic carbocycles. The Hall–Kier alpha value is -0.710. The summed E-state index contributed by atoms with van der Waals surface area (Å²) in [6.45, 7) is 8.50. The minimum atomic E-state index is 0. The summed E-state index contributed by atoms with van der Waals surface area (Å²) in [6.07, 6.45) is 0. The van der Waals surface area contributed by atoms with E-state index >= 15 is 0 Å². The lowest BCUT2D eigenvalue weighted by Crippen LogP contribution is -2.41. The number of rotatable bonds is 7. The first-order chi connectivity index (χ1) is 11.5. The number of thiophene rings is 1. The molecule has 0 saturated heterocycles. The van der Waals surface area contributed by atoms with E-state index in [0.29, 0.717) is 12.6 Å². The summed E-state index contributed by atoms with van der Waals surface area (Å²) in [5.41, 5.74) is 1.11. The van der Waals surface area contributed by atoms with Crippen LogP contribution < -0.4 is 10.6 Å². The third-order valence-electron chi connectivity index (χ3n) is 3.75. The average Bonchev–Trinajstić information content (AvgIpc) is 3.15. The van der Waals surface area contributed by atoms with Crippen LogP contribution in [0.5, 0.6) is 0 Å². The molecule has 1 unspecified atom stereocenters. The van der Waals surface area contributed by atoms with Crippen molar-refractivity contribution in [3.05, 3.63) is 38.0 Å². The number of aryl methyl sites for hydroxylation is 2. The highest BCUT2D eigenvalue weighted by molar-refractivity contribution is 14.0. The van der Waals surface area contributed by atoms with Crippen LogP contribution in [0.3, 0.4) is 0 Å². The largest absolute Gasteiger partial charge is 0.357 e. The average molecular weight is 493 g/mol. The van der Waals surface area contributed by atoms with Gasteiger partial charge in [0.2, 0.25) is 0 Å². The lowest BCUT2D eigenvalue weighted by atomic mass is 10.2. The van der Waals surface area contributed by atoms with Crippen LogP contribution in [0, 0.1) is 13.8 Å². The molecule has 8 heteroatoms. The van der Waals surface area contributed by atoms with Gasteiger partial charge in [-0.15, -0.1) is 46.7 Å². The molecule has 140 valence electrons. The molecule has 0 bridgehead atoms. The zero-order valence-corrected chi connectivity index (χ0v) is 19.5. The van der Waals surface area contributed by atoms with Crippen molar-refractivity contribution in [2.45, 2.75) is 33.4 Å². The molecule has 0 fully saturated rings. The van der Waals surface area contributed by atoms with Crippen LogP contribution in [0.4, 0.5) is 0 Å². The fourth-order valence-electron chi connectivity index (χ4n) is 2.31. The lowest BCUT2D eigenvalue weighted by Gasteiger charge is -2.24. The SMILES string of the molecule is CCNC(=NCc1nc(C)c(C)s1)NCC(c1cccs1)N(C)C.I. The number of nitrogens with one attached hydrogen (secondary N) is 2. The van der Waals surface area contributed by atoms with E-state index < -0.39 is 0 Å². The molecule has 0 spiro atoms. The van der Waals surface area contributed by atoms with Crippen molar-refractivity contribution in [3.8, 4) is 0 Å². The van der Waals surface area contributed by atoms with Crippen LogP contribution in [-0.4, -0.2) is 43.0 Å². The van der Waals surface area contributed by atoms with Gasteiger partial charge in [-0.2, -0.15) is 0 Å². The number of halogens is 1. The number of hydrogen-bond donors (Lipinski definition) is 2. The molecule has 0 aliphatic rings. The van der Waals surface area contributed by atoms with Crippen molar-refractivity contribution >= 4 is 52.6 Å². The monoisotopic (exact) mass is 493 g/mol. The molecule has 0 amide bonds. The highest BCUT2D eigenvalue weighted by Crippen LogP contribution is 2.22. The second-order valence-corrected chi connectivity index (χ2v) is 8.09. The number of guanidine groups is 1. The minimum Gasteiger partial charge on any atom is -0.357 e. The number of thiazole rings is 1. The van der Waals surface area contributed by atoms with Crippen molar-refractivity contribution in [3.63, 3.8) is 0 Å². The summed E-state index contributed by atoms with van der Waals surface area (Å²) in [4.78, 5) is 14.1. The van der Waals surface area contributed by atoms with Gasteiger partial charge in [0.1, 0.15) is 5.01 Å². The van der Waals surface area contributed by atoms with E-state index in [2.05, 4.69) is 71.0 Å². The van der Waals surface area contributed by atoms with Crippen LogP contribution >= 0.6 is 46.7 Å². The molecule has 2 rings (SSSR count). The Morgan fingerprint density at radius 2 is 2.08 bits per heavy atom. The van der Waals surface area contributed by atoms with Crippen LogP contribution in [0.1, 0.15) is 33.4 Å². The summed E-state index contributed by atoms with van der Waals surface area (Å²) in [7, 11) is 4.22. The third-order valence-corrected chi connectivity index (χ3v) is 5.78. The Labute approximate surface area is 176 Å². The smallest absolute Gasteiger partial charge is 0.191 e. The van der Waals surface area contributed by atoms with Crippen LogP contribution in [0.2, 0.25) is 0 Å². The van der Waals surface area contributed by atoms with Gasteiger partial charge in [0.25, 0.3) is 0 Å². The van der Waals surface area contributed by atoms with Crippen molar-refractivity contribution in [2.24, 2.45) is 4.99 Å². The molecular weight excluding hydrogens is 465 g/mol. The molecule has 0 aliphatic carbocycles. The maximum absolute atomic E-state index is 4.68. The van der Waals surface area contributed by atoms with Gasteiger partial charge in [-0.05, 0) is 46.3 Å². The molecule has 0 aliphatic heterocycles. The standard InChI is InChI=1S/C17H27N5S2.HI/c1-6-18-17(20-11-16-21-12(2)13(3)24-16)19-10-14(22(4)5)15-8-7-9-23-15;/h7-9,14H,6,10-11H2,1-5H3,(H2,18,19,20);1H. The van der Waals surface area contributed by atoms with Crippen LogP contribution in [0.15, 0.2) is 22.5 Å². The van der Waals surface area contributed by atoms with E-state index in [-0.39, 0.29) is 24.0 Å². The molecule has 0 saturated carbocycles. The highest BCUT2D eigenvalue weighted by atomic mass is 127. The Kier molecular flexibility index (Phi) is 9.91. The maximum Gasteiger partial charge on any atom is 0.191 e. The molecule has 2 heterocycles. The molecular formula is C17H28IN5S2. The molecule has 5 nitrogen and oxygen atoms in total. The third kappa shape index (κ3) is 6.84. The number of aliphatic imine (C=N–C) groups is 1. The summed E-state index contributed by atoms with van der Waals surface area (Å²) >= 11 is 3.51. The summed E-state index contributed by atoms with van der Waals surface area (Å²) in [5, 5.41) is 9.96. The fourth-order valence-corrected chi connectivity index (χ4v) is 4.09. The van der Waals surface area contributed by atoms with E-state index in [1.54, 1.807) is 22.7 Å². The van der Waals surface area contributed by atoms with Gasteiger partial charge in [-0.1, -0.05) is 6.07 Å². The second kappa shape index (κ2) is 11.1. The maximum atomic E-state index is 4.68. The number of hydrogen-bond acceptors (Lipinski definition) is 5. The van der Waals surface area contributed by atoms with E-state index in [1.807, 2.05) is 6.92 Å². The highest BCUT2D eigenvalue weighted by Gasteiger charge is 2.15. The summed E-state index contributed by atoms with van der Waals surface area (Å²) in [5.74, 6) is 0.839. The molecule has 2 aromatic rings. The first-order valence-electron chi connectivity index (χ1n) is 8.16. The van der Waals surface area contributed by atoms with Gasteiger partial charge in [0, 0.05) is 22.8 Å². The summed E-state index contributed by atoms with van der Waals surface area (Å²) in [6, 6.07) is 4.61. The van der Waals surface area contributed by atoms with Gasteiger partial charge in [0.05, 0.1) is 18.3 Å². The predicted octanol–water partition coefficient (Wildman–Crippen LogP) is 3.80. The topological polar surface area (TPSA) is 52.6 Å². The van der Waals surface area contributed by atoms with E-state index in [1.165, 1.54) is 9.75 Å². The van der Waals surface area contributed by atoms with Gasteiger partial charge < -0.3 is 15.5 Å². The second-order valence-electron chi connectivity index (χ2n) is 5.82. The number of aromatic nitrogens is 1. The van der Waals surface area contributed by atoms with E-state index in [4.69, 9.17) is 0 Å². The molecule has 2 N–H and O–H groups in total. The first-order valence-corrected chi connectivity index (χ1v) is 9.85. The van der Waals surface area contributed by atoms with Crippen LogP contribution in [0.25, 0.3) is 0 Å². The predicted molar refractivity (Wildman–Crippen MR) is 121 cm³/mol. The number of likely N-dealkylation sites (N-methyl/N-ethyl adjacent to an activating group) is 1. The van der Waals surface area contributed by atoms with Crippen LogP contribution in [-0.2, 0) is 6.54 Å². The van der Waals surface area contributed by atoms with Crippen molar-refractivity contribution in [1.29, 1.82) is 0 Å². The fraction of sp³-hybridized carbons (Fsp3) is 0.529. The molecule has 1 atom stereocenters. The number of nitrogens with zero attached hydrogens (tertiary/aromatic N) is 3.